The molecule has 2 aromatic carbocycles. The SMILES string of the molecule is CNC1=Nc2ccc(Cl)cc2C(c2ccccc2)=[N+]([O-])C1.[O-][I+3]([O-])([O-])O. The van der Waals surface area contributed by atoms with Gasteiger partial charge in [-0.3, -0.25) is 10.3 Å². The van der Waals surface area contributed by atoms with Gasteiger partial charge in [-0.2, -0.15) is 4.74 Å². The van der Waals surface area contributed by atoms with Gasteiger partial charge in [0.1, 0.15) is 0 Å². The van der Waals surface area contributed by atoms with Crippen LogP contribution in [0.2, 0.25) is 5.02 Å². The number of benzene rings is 2. The highest BCUT2D eigenvalue weighted by atomic mass is 127. The third-order valence-electron chi connectivity index (χ3n) is 3.35. The molecule has 0 aromatic heterocycles. The number of hydroxylamine groups is 1. The maximum absolute atomic E-state index is 12.6. The second kappa shape index (κ2) is 8.75. The van der Waals surface area contributed by atoms with Crippen LogP contribution in [-0.2, 0) is 0 Å². The average Bonchev–Trinajstić information content (AvgIpc) is 2.69. The zero-order valence-corrected chi connectivity index (χ0v) is 16.5. The van der Waals surface area contributed by atoms with Gasteiger partial charge in [0.05, 0.1) is 11.3 Å². The molecule has 10 heteroatoms. The van der Waals surface area contributed by atoms with Gasteiger partial charge >= 0.3 is 20.1 Å². The molecule has 0 aliphatic carbocycles. The average molecular weight is 492 g/mol. The molecule has 0 unspecified atom stereocenters. The van der Waals surface area contributed by atoms with E-state index in [9.17, 15) is 5.21 Å². The van der Waals surface area contributed by atoms with Gasteiger partial charge in [-0.1, -0.05) is 29.8 Å². The molecule has 0 amide bonds. The lowest BCUT2D eigenvalue weighted by Gasteiger charge is -2.10. The predicted molar refractivity (Wildman–Crippen MR) is 88.0 cm³/mol. The van der Waals surface area contributed by atoms with Gasteiger partial charge < -0.3 is 10.5 Å². The number of fused-ring (bicyclic) bond motifs is 1. The smallest absolute Gasteiger partial charge is 0.368 e. The topological polar surface area (TPSA) is 140 Å². The number of halogens is 2. The van der Waals surface area contributed by atoms with E-state index in [-0.39, 0.29) is 6.54 Å². The first-order chi connectivity index (χ1) is 12.2. The van der Waals surface area contributed by atoms with Crippen molar-refractivity contribution < 1.29 is 38.6 Å². The summed E-state index contributed by atoms with van der Waals surface area (Å²) in [7, 11) is 1.76. The number of likely N-dealkylation sites (N-methyl/N-ethyl adjacent to an activating group) is 1. The first-order valence-corrected chi connectivity index (χ1v) is 11.2. The molecule has 0 atom stereocenters. The van der Waals surface area contributed by atoms with Crippen LogP contribution < -0.4 is 35.7 Å². The van der Waals surface area contributed by atoms with Crippen molar-refractivity contribution >= 4 is 28.8 Å². The standard InChI is InChI=1S/C16H14ClN3O.HIO4/c1-18-15-10-20(21)16(11-5-3-2-4-6-11)13-9-12(17)7-8-14(13)19-15;2-1(3,4)5/h2-9H,10H2,1H3,(H,18,19);2H. The first-order valence-electron chi connectivity index (χ1n) is 7.24. The zero-order chi connectivity index (χ0) is 19.3. The molecule has 1 heterocycles. The Labute approximate surface area is 161 Å². The van der Waals surface area contributed by atoms with Gasteiger partial charge in [0.2, 0.25) is 12.3 Å². The highest BCUT2D eigenvalue weighted by molar-refractivity contribution is 6.31. The maximum Gasteiger partial charge on any atom is 0.368 e. The summed E-state index contributed by atoms with van der Waals surface area (Å²) in [5, 5.41) is 16.1. The van der Waals surface area contributed by atoms with Gasteiger partial charge in [0.25, 0.3) is 0 Å². The molecule has 1 aliphatic rings. The number of nitrogens with zero attached hydrogens (tertiary/aromatic N) is 2. The van der Waals surface area contributed by atoms with Crippen LogP contribution in [0.5, 0.6) is 0 Å². The van der Waals surface area contributed by atoms with E-state index >= 15 is 0 Å². The molecule has 0 saturated heterocycles. The van der Waals surface area contributed by atoms with Gasteiger partial charge in [-0.05, 0) is 30.3 Å². The molecular weight excluding hydrogens is 477 g/mol. The minimum absolute atomic E-state index is 0.174. The minimum atomic E-state index is -5.69. The lowest BCUT2D eigenvalue weighted by molar-refractivity contribution is -1.92. The molecule has 0 bridgehead atoms. The molecule has 0 radical (unpaired) electrons. The Morgan fingerprint density at radius 3 is 2.35 bits per heavy atom. The molecule has 0 fully saturated rings. The summed E-state index contributed by atoms with van der Waals surface area (Å²) in [5.74, 6) is 0.625. The van der Waals surface area contributed by atoms with Crippen molar-refractivity contribution in [3.05, 3.63) is 69.9 Å². The monoisotopic (exact) mass is 491 g/mol. The molecule has 2 aromatic rings. The third kappa shape index (κ3) is 5.90. The van der Waals surface area contributed by atoms with Crippen LogP contribution >= 0.6 is 11.6 Å². The van der Waals surface area contributed by atoms with Crippen molar-refractivity contribution in [1.82, 2.24) is 5.32 Å². The van der Waals surface area contributed by atoms with Crippen LogP contribution in [-0.4, -0.2) is 33.3 Å². The Bertz CT molecular complexity index is 832. The number of nitrogens with one attached hydrogen (secondary N) is 1. The zero-order valence-electron chi connectivity index (χ0n) is 13.6. The van der Waals surface area contributed by atoms with Crippen molar-refractivity contribution in [2.45, 2.75) is 0 Å². The van der Waals surface area contributed by atoms with Crippen molar-refractivity contribution in [2.24, 2.45) is 4.99 Å². The molecule has 26 heavy (non-hydrogen) atoms. The van der Waals surface area contributed by atoms with E-state index in [0.717, 1.165) is 21.6 Å². The normalized spacial score (nSPS) is 13.8. The Hall–Kier alpha value is -1.76. The summed E-state index contributed by atoms with van der Waals surface area (Å²) in [6, 6.07) is 15.0. The Morgan fingerprint density at radius 2 is 1.77 bits per heavy atom. The largest absolute Gasteiger partial charge is 0.623 e. The summed E-state index contributed by atoms with van der Waals surface area (Å²) < 4.78 is 34.2. The molecular formula is C16H15ClIN3O5. The Kier molecular flexibility index (Phi) is 6.92. The van der Waals surface area contributed by atoms with Crippen LogP contribution in [0.3, 0.4) is 0 Å². The lowest BCUT2D eigenvalue weighted by Crippen LogP contribution is -4.23. The van der Waals surface area contributed by atoms with Crippen molar-refractivity contribution in [3.63, 3.8) is 0 Å². The minimum Gasteiger partial charge on any atom is -0.623 e. The summed E-state index contributed by atoms with van der Waals surface area (Å²) in [6.45, 7) is 0.174. The van der Waals surface area contributed by atoms with E-state index in [1.807, 2.05) is 36.4 Å². The fraction of sp³-hybridized carbons (Fsp3) is 0.125. The summed E-state index contributed by atoms with van der Waals surface area (Å²) >= 11 is 0.413. The quantitative estimate of drug-likeness (QED) is 0.236. The van der Waals surface area contributed by atoms with E-state index in [0.29, 0.717) is 16.6 Å². The molecule has 0 saturated carbocycles. The van der Waals surface area contributed by atoms with Crippen LogP contribution in [0, 0.1) is 5.21 Å². The van der Waals surface area contributed by atoms with Crippen LogP contribution in [0.25, 0.3) is 0 Å². The molecule has 2 N–H and O–H groups in total. The summed E-state index contributed by atoms with van der Waals surface area (Å²) in [4.78, 5) is 4.51. The van der Waals surface area contributed by atoms with Crippen LogP contribution in [0.4, 0.5) is 5.69 Å². The second-order valence-electron chi connectivity index (χ2n) is 5.12. The second-order valence-corrected chi connectivity index (χ2v) is 7.81. The fourth-order valence-electron chi connectivity index (χ4n) is 2.36. The van der Waals surface area contributed by atoms with Gasteiger partial charge in [-0.15, -0.1) is 0 Å². The van der Waals surface area contributed by atoms with Crippen molar-refractivity contribution in [3.8, 4) is 0 Å². The van der Waals surface area contributed by atoms with Crippen molar-refractivity contribution in [1.29, 1.82) is 0 Å². The first kappa shape index (κ1) is 20.6. The van der Waals surface area contributed by atoms with E-state index in [2.05, 4.69) is 10.3 Å². The summed E-state index contributed by atoms with van der Waals surface area (Å²) in [6.07, 6.45) is 0. The molecule has 1 aliphatic heterocycles. The van der Waals surface area contributed by atoms with E-state index in [1.54, 1.807) is 19.2 Å². The van der Waals surface area contributed by atoms with E-state index in [1.165, 1.54) is 0 Å². The highest BCUT2D eigenvalue weighted by Crippen LogP contribution is 2.27. The Morgan fingerprint density at radius 1 is 1.15 bits per heavy atom. The van der Waals surface area contributed by atoms with E-state index < -0.39 is 20.1 Å². The molecule has 3 rings (SSSR count). The third-order valence-corrected chi connectivity index (χ3v) is 3.58. The maximum atomic E-state index is 12.6. The van der Waals surface area contributed by atoms with Crippen LogP contribution in [0.1, 0.15) is 11.1 Å². The number of aliphatic imine (C=N–C) groups is 1. The molecule has 138 valence electrons. The van der Waals surface area contributed by atoms with Gasteiger partial charge in [-0.25, -0.2) is 4.99 Å². The number of hydrogen-bond donors (Lipinski definition) is 2. The highest BCUT2D eigenvalue weighted by Gasteiger charge is 2.24. The van der Waals surface area contributed by atoms with Crippen LogP contribution in [0.15, 0.2) is 53.5 Å². The molecule has 8 nitrogen and oxygen atoms in total. The fourth-order valence-corrected chi connectivity index (χ4v) is 2.53. The van der Waals surface area contributed by atoms with Gasteiger partial charge in [0.15, 0.2) is 5.84 Å². The molecule has 0 spiro atoms. The number of rotatable bonds is 1. The van der Waals surface area contributed by atoms with E-state index in [4.69, 9.17) is 25.3 Å². The number of hydrogen-bond acceptors (Lipinski definition) is 7. The lowest BCUT2D eigenvalue weighted by atomic mass is 10.0. The van der Waals surface area contributed by atoms with Crippen molar-refractivity contribution in [2.75, 3.05) is 13.6 Å². The number of amidine groups is 1. The van der Waals surface area contributed by atoms with Gasteiger partial charge in [0, 0.05) is 21.1 Å². The summed E-state index contributed by atoms with van der Waals surface area (Å²) in [5.41, 5.74) is 2.92. The Balaban J connectivity index is 0.000000431. The predicted octanol–water partition coefficient (Wildman–Crippen LogP) is -4.17.